The maximum absolute atomic E-state index is 12.3. The number of rotatable bonds is 8. The third-order valence-corrected chi connectivity index (χ3v) is 3.39. The van der Waals surface area contributed by atoms with Crippen LogP contribution in [0.15, 0.2) is 28.8 Å². The van der Waals surface area contributed by atoms with Crippen LogP contribution in [0, 0.1) is 0 Å². The average Bonchev–Trinajstić information content (AvgIpc) is 3.04. The van der Waals surface area contributed by atoms with E-state index >= 15 is 0 Å². The van der Waals surface area contributed by atoms with Crippen LogP contribution in [-0.2, 0) is 17.4 Å². The summed E-state index contributed by atoms with van der Waals surface area (Å²) in [7, 11) is 1.56. The van der Waals surface area contributed by atoms with Crippen LogP contribution in [0.3, 0.4) is 0 Å². The van der Waals surface area contributed by atoms with Gasteiger partial charge in [0, 0.05) is 18.5 Å². The predicted octanol–water partition coefficient (Wildman–Crippen LogP) is 3.84. The number of carbonyl (C=O) groups excluding carboxylic acids is 1. The molecule has 0 saturated heterocycles. The maximum Gasteiger partial charge on any atom is 0.471 e. The van der Waals surface area contributed by atoms with Gasteiger partial charge in [-0.15, -0.1) is 0 Å². The number of benzene rings is 1. The molecule has 0 fully saturated rings. The van der Waals surface area contributed by atoms with Crippen LogP contribution >= 0.6 is 0 Å². The molecule has 25 heavy (non-hydrogen) atoms. The van der Waals surface area contributed by atoms with Gasteiger partial charge in [0.25, 0.3) is 0 Å². The Bertz CT molecular complexity index is 684. The zero-order chi connectivity index (χ0) is 18.3. The van der Waals surface area contributed by atoms with Crippen molar-refractivity contribution in [2.45, 2.75) is 38.3 Å². The summed E-state index contributed by atoms with van der Waals surface area (Å²) in [5.41, 5.74) is 0.678. The Morgan fingerprint density at radius 2 is 1.92 bits per heavy atom. The number of hydrogen-bond donors (Lipinski definition) is 1. The Hall–Kier alpha value is -2.58. The molecule has 2 aromatic rings. The molecular formula is C16H18F3N3O3. The molecular weight excluding hydrogens is 339 g/mol. The van der Waals surface area contributed by atoms with E-state index in [0.717, 1.165) is 0 Å². The van der Waals surface area contributed by atoms with Gasteiger partial charge < -0.3 is 14.6 Å². The van der Waals surface area contributed by atoms with E-state index < -0.39 is 12.1 Å². The Kier molecular flexibility index (Phi) is 6.37. The lowest BCUT2D eigenvalue weighted by Gasteiger charge is -2.06. The van der Waals surface area contributed by atoms with Crippen molar-refractivity contribution in [3.05, 3.63) is 36.0 Å². The zero-order valence-corrected chi connectivity index (χ0v) is 13.6. The van der Waals surface area contributed by atoms with Gasteiger partial charge in [0.1, 0.15) is 5.75 Å². The molecule has 0 aliphatic rings. The summed E-state index contributed by atoms with van der Waals surface area (Å²) in [6.07, 6.45) is -2.15. The Morgan fingerprint density at radius 1 is 1.20 bits per heavy atom. The van der Waals surface area contributed by atoms with Crippen molar-refractivity contribution >= 4 is 11.6 Å². The fraction of sp³-hybridized carbons (Fsp3) is 0.438. The van der Waals surface area contributed by atoms with Crippen LogP contribution in [-0.4, -0.2) is 23.2 Å². The van der Waals surface area contributed by atoms with E-state index in [2.05, 4.69) is 20.0 Å². The highest BCUT2D eigenvalue weighted by molar-refractivity contribution is 5.90. The minimum Gasteiger partial charge on any atom is -0.497 e. The molecule has 1 aromatic carbocycles. The number of nitrogens with zero attached hydrogens (tertiary/aromatic N) is 2. The van der Waals surface area contributed by atoms with Gasteiger partial charge in [-0.2, -0.15) is 18.2 Å². The number of alkyl halides is 3. The third-order valence-electron chi connectivity index (χ3n) is 3.39. The summed E-state index contributed by atoms with van der Waals surface area (Å²) < 4.78 is 46.1. The van der Waals surface area contributed by atoms with Crippen LogP contribution in [0.1, 0.15) is 37.4 Å². The topological polar surface area (TPSA) is 77.2 Å². The number of hydrogen-bond acceptors (Lipinski definition) is 5. The standard InChI is InChI=1S/C16H18F3N3O3/c1-24-12-9-7-11(8-10-12)20-14(23)6-4-2-3-5-13-21-15(25-22-13)16(17,18)19/h7-10H,2-6H2,1H3,(H,20,23). The predicted molar refractivity (Wildman–Crippen MR) is 83.1 cm³/mol. The van der Waals surface area contributed by atoms with Gasteiger partial charge in [-0.25, -0.2) is 0 Å². The molecule has 0 aliphatic carbocycles. The Labute approximate surface area is 142 Å². The number of unbranched alkanes of at least 4 members (excludes halogenated alkanes) is 2. The van der Waals surface area contributed by atoms with Crippen molar-refractivity contribution < 1.29 is 27.2 Å². The van der Waals surface area contributed by atoms with Gasteiger partial charge in [0.2, 0.25) is 5.91 Å². The van der Waals surface area contributed by atoms with Crippen LogP contribution in [0.4, 0.5) is 18.9 Å². The van der Waals surface area contributed by atoms with E-state index in [9.17, 15) is 18.0 Å². The molecule has 6 nitrogen and oxygen atoms in total. The normalized spacial score (nSPS) is 11.4. The first kappa shape index (κ1) is 18.8. The Balaban J connectivity index is 1.63. The fourth-order valence-corrected chi connectivity index (χ4v) is 2.11. The minimum absolute atomic E-state index is 0.0232. The van der Waals surface area contributed by atoms with Crippen molar-refractivity contribution in [1.29, 1.82) is 0 Å². The van der Waals surface area contributed by atoms with E-state index in [1.807, 2.05) is 0 Å². The second-order valence-electron chi connectivity index (χ2n) is 5.35. The molecule has 1 aromatic heterocycles. The molecule has 0 spiro atoms. The van der Waals surface area contributed by atoms with Gasteiger partial charge in [-0.05, 0) is 37.1 Å². The molecule has 1 heterocycles. The van der Waals surface area contributed by atoms with Crippen LogP contribution < -0.4 is 10.1 Å². The third kappa shape index (κ3) is 6.09. The summed E-state index contributed by atoms with van der Waals surface area (Å²) in [6, 6.07) is 6.97. The van der Waals surface area contributed by atoms with E-state index in [4.69, 9.17) is 4.74 Å². The van der Waals surface area contributed by atoms with Crippen molar-refractivity contribution in [2.75, 3.05) is 12.4 Å². The largest absolute Gasteiger partial charge is 0.497 e. The first-order valence-corrected chi connectivity index (χ1v) is 7.72. The number of ether oxygens (including phenoxy) is 1. The average molecular weight is 357 g/mol. The van der Waals surface area contributed by atoms with Gasteiger partial charge in [0.05, 0.1) is 7.11 Å². The molecule has 9 heteroatoms. The molecule has 2 rings (SSSR count). The van der Waals surface area contributed by atoms with Crippen LogP contribution in [0.5, 0.6) is 5.75 Å². The molecule has 1 N–H and O–H groups in total. The summed E-state index contributed by atoms with van der Waals surface area (Å²) in [4.78, 5) is 15.1. The molecule has 136 valence electrons. The second-order valence-corrected chi connectivity index (χ2v) is 5.35. The number of aryl methyl sites for hydroxylation is 1. The summed E-state index contributed by atoms with van der Waals surface area (Å²) in [6.45, 7) is 0. The second kappa shape index (κ2) is 8.50. The van der Waals surface area contributed by atoms with Gasteiger partial charge in [0.15, 0.2) is 5.82 Å². The van der Waals surface area contributed by atoms with Crippen molar-refractivity contribution in [3.8, 4) is 5.75 Å². The molecule has 0 radical (unpaired) electrons. The number of carbonyl (C=O) groups is 1. The van der Waals surface area contributed by atoms with E-state index in [-0.39, 0.29) is 18.2 Å². The number of amides is 1. The minimum atomic E-state index is -4.62. The number of aromatic nitrogens is 2. The van der Waals surface area contributed by atoms with Gasteiger partial charge >= 0.3 is 12.1 Å². The SMILES string of the molecule is COc1ccc(NC(=O)CCCCCc2noc(C(F)(F)F)n2)cc1. The van der Waals surface area contributed by atoms with Crippen LogP contribution in [0.2, 0.25) is 0 Å². The lowest BCUT2D eigenvalue weighted by atomic mass is 10.1. The number of anilines is 1. The number of halogens is 3. The quantitative estimate of drug-likeness (QED) is 0.727. The molecule has 0 bridgehead atoms. The van der Waals surface area contributed by atoms with Gasteiger partial charge in [-0.3, -0.25) is 4.79 Å². The monoisotopic (exact) mass is 357 g/mol. The smallest absolute Gasteiger partial charge is 0.471 e. The van der Waals surface area contributed by atoms with Gasteiger partial charge in [-0.1, -0.05) is 11.6 Å². The van der Waals surface area contributed by atoms with Crippen molar-refractivity contribution in [3.63, 3.8) is 0 Å². The lowest BCUT2D eigenvalue weighted by Crippen LogP contribution is -2.11. The van der Waals surface area contributed by atoms with Crippen LogP contribution in [0.25, 0.3) is 0 Å². The summed E-state index contributed by atoms with van der Waals surface area (Å²) in [5.74, 6) is -0.728. The molecule has 0 aliphatic heterocycles. The Morgan fingerprint density at radius 3 is 2.52 bits per heavy atom. The first-order chi connectivity index (χ1) is 11.9. The fourth-order valence-electron chi connectivity index (χ4n) is 2.11. The maximum atomic E-state index is 12.3. The van der Waals surface area contributed by atoms with E-state index in [0.29, 0.717) is 37.1 Å². The highest BCUT2D eigenvalue weighted by atomic mass is 19.4. The molecule has 0 atom stereocenters. The van der Waals surface area contributed by atoms with Crippen molar-refractivity contribution in [1.82, 2.24) is 10.1 Å². The molecule has 0 unspecified atom stereocenters. The highest BCUT2D eigenvalue weighted by Crippen LogP contribution is 2.27. The number of methoxy groups -OCH3 is 1. The van der Waals surface area contributed by atoms with E-state index in [1.165, 1.54) is 0 Å². The highest BCUT2D eigenvalue weighted by Gasteiger charge is 2.38. The summed E-state index contributed by atoms with van der Waals surface area (Å²) >= 11 is 0. The molecule has 1 amide bonds. The first-order valence-electron chi connectivity index (χ1n) is 7.72. The lowest BCUT2D eigenvalue weighted by molar-refractivity contribution is -0.159. The molecule has 0 saturated carbocycles. The van der Waals surface area contributed by atoms with E-state index in [1.54, 1.807) is 31.4 Å². The number of nitrogens with one attached hydrogen (secondary N) is 1. The summed E-state index contributed by atoms with van der Waals surface area (Å²) in [5, 5.41) is 6.05. The zero-order valence-electron chi connectivity index (χ0n) is 13.6. The van der Waals surface area contributed by atoms with Crippen molar-refractivity contribution in [2.24, 2.45) is 0 Å².